The van der Waals surface area contributed by atoms with Gasteiger partial charge in [-0.05, 0) is 6.42 Å². The second-order valence-electron chi connectivity index (χ2n) is 8.38. The third-order valence-corrected chi connectivity index (χ3v) is 5.67. The lowest BCUT2D eigenvalue weighted by atomic mass is 10.0. The molecule has 0 spiro atoms. The van der Waals surface area contributed by atoms with E-state index in [1.165, 1.54) is 141 Å². The van der Waals surface area contributed by atoms with Gasteiger partial charge in [0.15, 0.2) is 0 Å². The van der Waals surface area contributed by atoms with Crippen LogP contribution in [0.1, 0.15) is 155 Å². The van der Waals surface area contributed by atoms with E-state index in [4.69, 9.17) is 6.42 Å². The van der Waals surface area contributed by atoms with Crippen molar-refractivity contribution in [3.8, 4) is 12.3 Å². The van der Waals surface area contributed by atoms with Crippen molar-refractivity contribution in [1.82, 2.24) is 0 Å². The van der Waals surface area contributed by atoms with E-state index in [9.17, 15) is 0 Å². The molecule has 0 heteroatoms. The highest BCUT2D eigenvalue weighted by molar-refractivity contribution is 4.82. The van der Waals surface area contributed by atoms with Gasteiger partial charge in [-0.25, -0.2) is 0 Å². The SMILES string of the molecule is C#CCCCCCCCCCCCCCCCCCCCCCCCC. The number of terminal acetylenes is 1. The maximum absolute atomic E-state index is 5.27. The Kier molecular flexibility index (Phi) is 24.1. The van der Waals surface area contributed by atoms with Crippen LogP contribution in [0, 0.1) is 12.3 Å². The van der Waals surface area contributed by atoms with Crippen LogP contribution >= 0.6 is 0 Å². The van der Waals surface area contributed by atoms with Crippen LogP contribution in [-0.4, -0.2) is 0 Å². The van der Waals surface area contributed by atoms with Gasteiger partial charge < -0.3 is 0 Å². The standard InChI is InChI=1S/C26H50/c1-3-5-7-9-11-13-15-17-19-21-23-25-26-24-22-20-18-16-14-12-10-8-6-4-2/h1H,4-26H2,2H3. The van der Waals surface area contributed by atoms with Crippen molar-refractivity contribution in [2.45, 2.75) is 155 Å². The summed E-state index contributed by atoms with van der Waals surface area (Å²) in [7, 11) is 0. The molecule has 0 saturated heterocycles. The number of hydrogen-bond acceptors (Lipinski definition) is 0. The number of hydrogen-bond donors (Lipinski definition) is 0. The molecular formula is C26H50. The van der Waals surface area contributed by atoms with E-state index in [-0.39, 0.29) is 0 Å². The Morgan fingerprint density at radius 1 is 0.385 bits per heavy atom. The van der Waals surface area contributed by atoms with Gasteiger partial charge in [0.05, 0.1) is 0 Å². The fraction of sp³-hybridized carbons (Fsp3) is 0.923. The average molecular weight is 363 g/mol. The zero-order chi connectivity index (χ0) is 19.0. The Balaban J connectivity index is 2.96. The van der Waals surface area contributed by atoms with Crippen molar-refractivity contribution >= 4 is 0 Å². The summed E-state index contributed by atoms with van der Waals surface area (Å²) >= 11 is 0. The Morgan fingerprint density at radius 2 is 0.615 bits per heavy atom. The predicted molar refractivity (Wildman–Crippen MR) is 121 cm³/mol. The highest BCUT2D eigenvalue weighted by atomic mass is 14.0. The fourth-order valence-electron chi connectivity index (χ4n) is 3.84. The smallest absolute Gasteiger partial charge is 0.00860 e. The zero-order valence-electron chi connectivity index (χ0n) is 18.3. The molecule has 0 aliphatic heterocycles. The Hall–Kier alpha value is -0.440. The maximum Gasteiger partial charge on any atom is 0.00860 e. The number of unbranched alkanes of at least 4 members (excludes halogenated alkanes) is 22. The molecule has 0 amide bonds. The van der Waals surface area contributed by atoms with Gasteiger partial charge in [0, 0.05) is 6.42 Å². The molecule has 0 aliphatic carbocycles. The molecule has 0 aliphatic rings. The Bertz CT molecular complexity index is 272. The zero-order valence-corrected chi connectivity index (χ0v) is 18.3. The second-order valence-corrected chi connectivity index (χ2v) is 8.38. The van der Waals surface area contributed by atoms with E-state index in [0.717, 1.165) is 6.42 Å². The van der Waals surface area contributed by atoms with Gasteiger partial charge in [0.2, 0.25) is 0 Å². The van der Waals surface area contributed by atoms with Gasteiger partial charge in [0.25, 0.3) is 0 Å². The summed E-state index contributed by atoms with van der Waals surface area (Å²) in [6, 6.07) is 0. The summed E-state index contributed by atoms with van der Waals surface area (Å²) in [6.07, 6.45) is 38.0. The molecule has 0 radical (unpaired) electrons. The Labute approximate surface area is 167 Å². The van der Waals surface area contributed by atoms with Crippen molar-refractivity contribution < 1.29 is 0 Å². The van der Waals surface area contributed by atoms with Crippen LogP contribution in [0.3, 0.4) is 0 Å². The van der Waals surface area contributed by atoms with Crippen molar-refractivity contribution in [3.63, 3.8) is 0 Å². The lowest BCUT2D eigenvalue weighted by Gasteiger charge is -2.04. The van der Waals surface area contributed by atoms with Crippen LogP contribution in [0.4, 0.5) is 0 Å². The summed E-state index contributed by atoms with van der Waals surface area (Å²) in [5, 5.41) is 0. The van der Waals surface area contributed by atoms with Gasteiger partial charge >= 0.3 is 0 Å². The molecule has 0 bridgehead atoms. The predicted octanol–water partition coefficient (Wildman–Crippen LogP) is 9.61. The number of rotatable bonds is 22. The molecule has 0 N–H and O–H groups in total. The van der Waals surface area contributed by atoms with E-state index in [2.05, 4.69) is 12.8 Å². The molecule has 154 valence electrons. The van der Waals surface area contributed by atoms with Crippen LogP contribution in [0.15, 0.2) is 0 Å². The molecule has 0 aromatic heterocycles. The third-order valence-electron chi connectivity index (χ3n) is 5.67. The average Bonchev–Trinajstić information content (AvgIpc) is 2.66. The summed E-state index contributed by atoms with van der Waals surface area (Å²) in [5.41, 5.74) is 0. The summed E-state index contributed by atoms with van der Waals surface area (Å²) in [4.78, 5) is 0. The van der Waals surface area contributed by atoms with Gasteiger partial charge in [-0.3, -0.25) is 0 Å². The van der Waals surface area contributed by atoms with Gasteiger partial charge in [-0.1, -0.05) is 142 Å². The molecule has 0 saturated carbocycles. The maximum atomic E-state index is 5.27. The lowest BCUT2D eigenvalue weighted by Crippen LogP contribution is -1.84. The molecule has 0 fully saturated rings. The molecule has 26 heavy (non-hydrogen) atoms. The van der Waals surface area contributed by atoms with Crippen molar-refractivity contribution in [2.75, 3.05) is 0 Å². The first kappa shape index (κ1) is 25.6. The molecule has 0 aromatic rings. The minimum absolute atomic E-state index is 0.971. The van der Waals surface area contributed by atoms with E-state index in [0.29, 0.717) is 0 Å². The first-order chi connectivity index (χ1) is 12.9. The molecular weight excluding hydrogens is 312 g/mol. The van der Waals surface area contributed by atoms with Crippen LogP contribution in [0.5, 0.6) is 0 Å². The van der Waals surface area contributed by atoms with Gasteiger partial charge in [-0.2, -0.15) is 0 Å². The molecule has 0 aromatic carbocycles. The first-order valence-corrected chi connectivity index (χ1v) is 12.3. The largest absolute Gasteiger partial charge is 0.120 e. The van der Waals surface area contributed by atoms with Gasteiger partial charge in [-0.15, -0.1) is 12.3 Å². The van der Waals surface area contributed by atoms with Crippen molar-refractivity contribution in [3.05, 3.63) is 0 Å². The quantitative estimate of drug-likeness (QED) is 0.133. The van der Waals surface area contributed by atoms with Crippen molar-refractivity contribution in [1.29, 1.82) is 0 Å². The van der Waals surface area contributed by atoms with Crippen LogP contribution in [0.2, 0.25) is 0 Å². The second kappa shape index (κ2) is 24.6. The summed E-state index contributed by atoms with van der Waals surface area (Å²) in [6.45, 7) is 2.30. The fourth-order valence-corrected chi connectivity index (χ4v) is 3.84. The molecule has 0 rings (SSSR count). The van der Waals surface area contributed by atoms with E-state index in [1.807, 2.05) is 0 Å². The molecule has 0 heterocycles. The topological polar surface area (TPSA) is 0 Å². The molecule has 0 unspecified atom stereocenters. The monoisotopic (exact) mass is 362 g/mol. The lowest BCUT2D eigenvalue weighted by molar-refractivity contribution is 0.519. The van der Waals surface area contributed by atoms with Crippen LogP contribution < -0.4 is 0 Å². The van der Waals surface area contributed by atoms with Crippen LogP contribution in [0.25, 0.3) is 0 Å². The Morgan fingerprint density at radius 3 is 0.846 bits per heavy atom. The van der Waals surface area contributed by atoms with E-state index < -0.39 is 0 Å². The summed E-state index contributed by atoms with van der Waals surface area (Å²) < 4.78 is 0. The van der Waals surface area contributed by atoms with Crippen LogP contribution in [-0.2, 0) is 0 Å². The highest BCUT2D eigenvalue weighted by Crippen LogP contribution is 2.15. The molecule has 0 nitrogen and oxygen atoms in total. The normalized spacial score (nSPS) is 10.9. The van der Waals surface area contributed by atoms with E-state index in [1.54, 1.807) is 0 Å². The minimum Gasteiger partial charge on any atom is -0.120 e. The van der Waals surface area contributed by atoms with E-state index >= 15 is 0 Å². The highest BCUT2D eigenvalue weighted by Gasteiger charge is 1.95. The third kappa shape index (κ3) is 23.6. The first-order valence-electron chi connectivity index (χ1n) is 12.3. The van der Waals surface area contributed by atoms with Crippen molar-refractivity contribution in [2.24, 2.45) is 0 Å². The van der Waals surface area contributed by atoms with Gasteiger partial charge in [0.1, 0.15) is 0 Å². The minimum atomic E-state index is 0.971. The molecule has 0 atom stereocenters. The summed E-state index contributed by atoms with van der Waals surface area (Å²) in [5.74, 6) is 2.73.